The summed E-state index contributed by atoms with van der Waals surface area (Å²) in [5, 5.41) is 3.41. The Kier molecular flexibility index (Phi) is 8.05. The number of nitrogens with one attached hydrogen (secondary N) is 1. The van der Waals surface area contributed by atoms with E-state index in [4.69, 9.17) is 51.0 Å². The number of alkyl carbamates (subject to hydrolysis) is 1. The summed E-state index contributed by atoms with van der Waals surface area (Å²) in [5.41, 5.74) is 17.8. The molecule has 38 heavy (non-hydrogen) atoms. The molecule has 1 fully saturated rings. The van der Waals surface area contributed by atoms with Crippen molar-refractivity contribution in [2.45, 2.75) is 48.7 Å². The number of amides is 2. The lowest BCUT2D eigenvalue weighted by Gasteiger charge is -2.48. The number of ether oxygens (including phenoxy) is 1. The third kappa shape index (κ3) is 4.92. The minimum atomic E-state index is -2.82. The summed E-state index contributed by atoms with van der Waals surface area (Å²) >= 11 is 6.21. The van der Waals surface area contributed by atoms with E-state index in [9.17, 15) is 14.4 Å². The van der Waals surface area contributed by atoms with Crippen LogP contribution in [-0.2, 0) is 24.6 Å². The number of carbonyl (C=O) groups excluding carboxylic acids is 3. The van der Waals surface area contributed by atoms with Crippen LogP contribution < -0.4 is 40.0 Å². The smallest absolute Gasteiger partial charge is 0.409 e. The monoisotopic (exact) mass is 548 g/mol. The van der Waals surface area contributed by atoms with Crippen LogP contribution in [0, 0.1) is 0 Å². The molecular formula is C24H33ClN8O5. The van der Waals surface area contributed by atoms with Gasteiger partial charge in [0.1, 0.15) is 17.3 Å². The average Bonchev–Trinajstić information content (AvgIpc) is 3.15. The highest BCUT2D eigenvalue weighted by atomic mass is 35.5. The van der Waals surface area contributed by atoms with Crippen molar-refractivity contribution < 1.29 is 24.0 Å². The molecule has 0 radical (unpaired) electrons. The van der Waals surface area contributed by atoms with E-state index in [1.54, 1.807) is 48.5 Å². The normalized spacial score (nSPS) is 20.4. The second kappa shape index (κ2) is 10.5. The number of benzene rings is 2. The molecule has 13 N–H and O–H groups in total. The van der Waals surface area contributed by atoms with Gasteiger partial charge in [-0.2, -0.15) is 5.90 Å². The van der Waals surface area contributed by atoms with E-state index < -0.39 is 46.4 Å². The molecule has 2 aromatic carbocycles. The Morgan fingerprint density at radius 2 is 1.74 bits per heavy atom. The molecule has 2 aromatic rings. The number of hydrazine groups is 1. The molecule has 1 aliphatic heterocycles. The number of nitrogens with zero attached hydrogens (tertiary/aromatic N) is 1. The van der Waals surface area contributed by atoms with Gasteiger partial charge < -0.3 is 26.8 Å². The van der Waals surface area contributed by atoms with Crippen LogP contribution in [0.2, 0.25) is 5.02 Å². The fraction of sp³-hybridized carbons (Fsp3) is 0.375. The van der Waals surface area contributed by atoms with Crippen LogP contribution in [-0.4, -0.2) is 46.4 Å². The molecule has 0 spiro atoms. The first-order chi connectivity index (χ1) is 17.6. The molecule has 2 unspecified atom stereocenters. The number of carbonyl (C=O) groups is 3. The highest BCUT2D eigenvalue weighted by Gasteiger charge is 2.67. The third-order valence-corrected chi connectivity index (χ3v) is 7.29. The maximum Gasteiger partial charge on any atom is 0.409 e. The maximum atomic E-state index is 13.4. The second-order valence-corrected chi connectivity index (χ2v) is 10.3. The van der Waals surface area contributed by atoms with Gasteiger partial charge in [-0.1, -0.05) is 67.9 Å². The van der Waals surface area contributed by atoms with Crippen LogP contribution in [0.25, 0.3) is 0 Å². The van der Waals surface area contributed by atoms with Crippen LogP contribution >= 0.6 is 11.6 Å². The number of nitrogens with two attached hydrogens (primary N) is 6. The van der Waals surface area contributed by atoms with E-state index in [0.717, 1.165) is 10.6 Å². The fourth-order valence-corrected chi connectivity index (χ4v) is 4.70. The highest BCUT2D eigenvalue weighted by molar-refractivity contribution is 6.30. The lowest BCUT2D eigenvalue weighted by atomic mass is 9.75. The predicted octanol–water partition coefficient (Wildman–Crippen LogP) is -0.426. The minimum Gasteiger partial charge on any atom is -0.440 e. The molecule has 0 bridgehead atoms. The summed E-state index contributed by atoms with van der Waals surface area (Å²) in [6.45, 7) is 3.64. The zero-order chi connectivity index (χ0) is 28.5. The molecule has 13 nitrogen and oxygen atoms in total. The van der Waals surface area contributed by atoms with Gasteiger partial charge in [0.2, 0.25) is 5.66 Å². The molecule has 0 aliphatic carbocycles. The van der Waals surface area contributed by atoms with Crippen molar-refractivity contribution in [1.29, 1.82) is 0 Å². The summed E-state index contributed by atoms with van der Waals surface area (Å²) < 4.78 is 5.83. The Labute approximate surface area is 224 Å². The van der Waals surface area contributed by atoms with E-state index in [0.29, 0.717) is 10.6 Å². The van der Waals surface area contributed by atoms with Gasteiger partial charge in [-0.25, -0.2) is 15.4 Å². The van der Waals surface area contributed by atoms with Crippen molar-refractivity contribution in [3.05, 3.63) is 70.7 Å². The zero-order valence-electron chi connectivity index (χ0n) is 21.0. The van der Waals surface area contributed by atoms with Crippen molar-refractivity contribution in [2.75, 3.05) is 6.54 Å². The Bertz CT molecular complexity index is 1210. The first-order valence-electron chi connectivity index (χ1n) is 11.5. The molecule has 2 amide bonds. The summed E-state index contributed by atoms with van der Waals surface area (Å²) in [6, 6.07) is 15.9. The van der Waals surface area contributed by atoms with Crippen LogP contribution in [0.15, 0.2) is 54.6 Å². The molecule has 1 heterocycles. The van der Waals surface area contributed by atoms with E-state index in [1.165, 1.54) is 0 Å². The van der Waals surface area contributed by atoms with E-state index in [2.05, 4.69) is 10.2 Å². The van der Waals surface area contributed by atoms with Gasteiger partial charge in [-0.15, -0.1) is 0 Å². The lowest BCUT2D eigenvalue weighted by molar-refractivity contribution is -0.158. The van der Waals surface area contributed by atoms with Gasteiger partial charge in [0.15, 0.2) is 0 Å². The fourth-order valence-electron chi connectivity index (χ4n) is 4.51. The maximum absolute atomic E-state index is 13.4. The SMILES string of the molecule is CC(C)(c1cccc(Cl)c1)C(OC(=O)NC(N)(C(=O)ON)C(N)(N)[C@@]1(N)CCN(N)C1=O)c1ccccc1. The van der Waals surface area contributed by atoms with Gasteiger partial charge in [0, 0.05) is 17.0 Å². The van der Waals surface area contributed by atoms with Crippen LogP contribution in [0.5, 0.6) is 0 Å². The van der Waals surface area contributed by atoms with Gasteiger partial charge in [-0.3, -0.25) is 20.9 Å². The summed E-state index contributed by atoms with van der Waals surface area (Å²) in [7, 11) is 0. The third-order valence-electron chi connectivity index (χ3n) is 7.06. The highest BCUT2D eigenvalue weighted by Crippen LogP contribution is 2.40. The number of halogens is 1. The molecule has 206 valence electrons. The summed E-state index contributed by atoms with van der Waals surface area (Å²) in [6.07, 6.45) is -2.34. The van der Waals surface area contributed by atoms with Crippen molar-refractivity contribution in [3.63, 3.8) is 0 Å². The minimum absolute atomic E-state index is 0.0341. The largest absolute Gasteiger partial charge is 0.440 e. The Morgan fingerprint density at radius 1 is 1.11 bits per heavy atom. The van der Waals surface area contributed by atoms with E-state index in [1.807, 2.05) is 19.9 Å². The first kappa shape index (κ1) is 29.3. The van der Waals surface area contributed by atoms with Crippen molar-refractivity contribution in [3.8, 4) is 0 Å². The zero-order valence-corrected chi connectivity index (χ0v) is 21.8. The molecule has 1 aliphatic rings. The van der Waals surface area contributed by atoms with E-state index in [-0.39, 0.29) is 13.0 Å². The number of rotatable bonds is 8. The Balaban J connectivity index is 2.01. The van der Waals surface area contributed by atoms with E-state index >= 15 is 0 Å². The standard InChI is InChI=1S/C24H33ClN8O5/c1-21(2,15-9-6-10-16(25)13-15)17(14-7-4-3-5-8-14)37-20(36)32-23(27,19(35)38-31)24(28,29)22(26)11-12-33(30)18(22)34/h3-10,13,17H,11-12,26-31H2,1-2H3,(H,32,36)/t17?,22-,23?/m1/s1. The van der Waals surface area contributed by atoms with Crippen LogP contribution in [0.1, 0.15) is 37.5 Å². The van der Waals surface area contributed by atoms with Crippen molar-refractivity contribution in [2.24, 2.45) is 34.7 Å². The first-order valence-corrected chi connectivity index (χ1v) is 11.9. The van der Waals surface area contributed by atoms with Gasteiger partial charge in [-0.05, 0) is 29.7 Å². The quantitative estimate of drug-likeness (QED) is 0.0965. The lowest BCUT2D eigenvalue weighted by Crippen LogP contribution is -2.91. The van der Waals surface area contributed by atoms with Crippen molar-refractivity contribution in [1.82, 2.24) is 10.3 Å². The van der Waals surface area contributed by atoms with Crippen molar-refractivity contribution >= 4 is 29.6 Å². The Hall–Kier alpha value is -3.30. The Morgan fingerprint density at radius 3 is 2.26 bits per heavy atom. The molecule has 3 rings (SSSR count). The number of hydrogen-bond donors (Lipinski definition) is 7. The van der Waals surface area contributed by atoms with Crippen LogP contribution in [0.4, 0.5) is 4.79 Å². The number of hydrogen-bond acceptors (Lipinski definition) is 11. The molecule has 0 saturated carbocycles. The molecule has 0 aromatic heterocycles. The van der Waals surface area contributed by atoms with Gasteiger partial charge >= 0.3 is 12.1 Å². The van der Waals surface area contributed by atoms with Crippen LogP contribution in [0.3, 0.4) is 0 Å². The molecule has 1 saturated heterocycles. The topological polar surface area (TPSA) is 241 Å². The van der Waals surface area contributed by atoms with Gasteiger partial charge in [0.25, 0.3) is 5.91 Å². The molecule has 3 atom stereocenters. The summed E-state index contributed by atoms with van der Waals surface area (Å²) in [5.74, 6) is 8.34. The van der Waals surface area contributed by atoms with Gasteiger partial charge in [0.05, 0.1) is 0 Å². The summed E-state index contributed by atoms with van der Waals surface area (Å²) in [4.78, 5) is 43.2. The second-order valence-electron chi connectivity index (χ2n) is 9.86. The molecular weight excluding hydrogens is 516 g/mol. The predicted molar refractivity (Wildman–Crippen MR) is 139 cm³/mol. The molecule has 14 heteroatoms. The average molecular weight is 549 g/mol.